The summed E-state index contributed by atoms with van der Waals surface area (Å²) in [5.41, 5.74) is 1.70. The van der Waals surface area contributed by atoms with Gasteiger partial charge in [-0.2, -0.15) is 5.10 Å². The van der Waals surface area contributed by atoms with Gasteiger partial charge in [-0.15, -0.1) is 0 Å². The largest absolute Gasteiger partial charge is 0.266 e. The van der Waals surface area contributed by atoms with Crippen molar-refractivity contribution >= 4 is 11.6 Å². The van der Waals surface area contributed by atoms with E-state index in [4.69, 9.17) is 11.6 Å². The first-order valence-electron chi connectivity index (χ1n) is 3.73. The summed E-state index contributed by atoms with van der Waals surface area (Å²) in [6.45, 7) is 0. The predicted octanol–water partition coefficient (Wildman–Crippen LogP) is 1.53. The van der Waals surface area contributed by atoms with Crippen molar-refractivity contribution in [1.29, 1.82) is 0 Å². The van der Waals surface area contributed by atoms with Gasteiger partial charge in [-0.3, -0.25) is 4.68 Å². The number of aryl methyl sites for hydroxylation is 1. The topological polar surface area (TPSA) is 43.6 Å². The van der Waals surface area contributed by atoms with E-state index >= 15 is 0 Å². The fraction of sp³-hybridized carbons (Fsp3) is 0.125. The Morgan fingerprint density at radius 1 is 1.38 bits per heavy atom. The fourth-order valence-corrected chi connectivity index (χ4v) is 1.25. The van der Waals surface area contributed by atoms with Crippen LogP contribution in [-0.4, -0.2) is 19.7 Å². The Morgan fingerprint density at radius 2 is 2.23 bits per heavy atom. The van der Waals surface area contributed by atoms with Crippen molar-refractivity contribution in [2.75, 3.05) is 0 Å². The lowest BCUT2D eigenvalue weighted by atomic mass is 10.3. The first kappa shape index (κ1) is 8.19. The monoisotopic (exact) mass is 194 g/mol. The average molecular weight is 195 g/mol. The van der Waals surface area contributed by atoms with Gasteiger partial charge in [0, 0.05) is 19.3 Å². The first-order valence-corrected chi connectivity index (χ1v) is 4.11. The van der Waals surface area contributed by atoms with E-state index in [-0.39, 0.29) is 0 Å². The molecule has 13 heavy (non-hydrogen) atoms. The molecule has 0 bridgehead atoms. The molecule has 0 saturated carbocycles. The molecule has 0 saturated heterocycles. The van der Waals surface area contributed by atoms with Crippen molar-refractivity contribution in [3.05, 3.63) is 29.8 Å². The maximum atomic E-state index is 5.73. The molecule has 4 nitrogen and oxygen atoms in total. The van der Waals surface area contributed by atoms with Crippen molar-refractivity contribution in [1.82, 2.24) is 19.7 Å². The third-order valence-electron chi connectivity index (χ3n) is 1.72. The Hall–Kier alpha value is -1.42. The second kappa shape index (κ2) is 3.14. The standard InChI is InChI=1S/C8H7ClN4/c1-13-7(2-3-12-13)6-4-8(9)11-5-10-6/h2-5H,1H3. The molecule has 2 rings (SSSR count). The highest BCUT2D eigenvalue weighted by molar-refractivity contribution is 6.29. The van der Waals surface area contributed by atoms with Gasteiger partial charge >= 0.3 is 0 Å². The summed E-state index contributed by atoms with van der Waals surface area (Å²) in [4.78, 5) is 7.89. The molecule has 0 aliphatic heterocycles. The van der Waals surface area contributed by atoms with E-state index < -0.39 is 0 Å². The molecule has 0 spiro atoms. The minimum absolute atomic E-state index is 0.436. The number of hydrogen-bond donors (Lipinski definition) is 0. The van der Waals surface area contributed by atoms with Gasteiger partial charge in [-0.05, 0) is 6.07 Å². The van der Waals surface area contributed by atoms with Gasteiger partial charge < -0.3 is 0 Å². The molecule has 0 amide bonds. The van der Waals surface area contributed by atoms with Crippen LogP contribution < -0.4 is 0 Å². The van der Waals surface area contributed by atoms with Crippen molar-refractivity contribution in [2.24, 2.45) is 7.05 Å². The molecule has 0 aliphatic carbocycles. The van der Waals surface area contributed by atoms with Crippen molar-refractivity contribution in [2.45, 2.75) is 0 Å². The zero-order chi connectivity index (χ0) is 9.26. The fourth-order valence-electron chi connectivity index (χ4n) is 1.10. The minimum atomic E-state index is 0.436. The summed E-state index contributed by atoms with van der Waals surface area (Å²) in [6, 6.07) is 3.58. The molecule has 0 unspecified atom stereocenters. The Balaban J connectivity index is 2.53. The second-order valence-electron chi connectivity index (χ2n) is 2.57. The summed E-state index contributed by atoms with van der Waals surface area (Å²) in [6.07, 6.45) is 3.15. The van der Waals surface area contributed by atoms with E-state index in [1.165, 1.54) is 6.33 Å². The highest BCUT2D eigenvalue weighted by Crippen LogP contribution is 2.16. The number of nitrogens with zero attached hydrogens (tertiary/aromatic N) is 4. The third-order valence-corrected chi connectivity index (χ3v) is 1.92. The van der Waals surface area contributed by atoms with Gasteiger partial charge in [-0.25, -0.2) is 9.97 Å². The van der Waals surface area contributed by atoms with Crippen LogP contribution in [0.2, 0.25) is 5.15 Å². The quantitative estimate of drug-likeness (QED) is 0.647. The molecule has 2 aromatic heterocycles. The molecule has 0 radical (unpaired) electrons. The van der Waals surface area contributed by atoms with Crippen LogP contribution in [0.1, 0.15) is 0 Å². The highest BCUT2D eigenvalue weighted by Gasteiger charge is 2.03. The normalized spacial score (nSPS) is 10.3. The van der Waals surface area contributed by atoms with Gasteiger partial charge in [0.25, 0.3) is 0 Å². The van der Waals surface area contributed by atoms with E-state index in [1.54, 1.807) is 16.9 Å². The lowest BCUT2D eigenvalue weighted by Crippen LogP contribution is -1.95. The summed E-state index contributed by atoms with van der Waals surface area (Å²) >= 11 is 5.73. The molecule has 66 valence electrons. The number of hydrogen-bond acceptors (Lipinski definition) is 3. The number of halogens is 1. The molecule has 0 aliphatic rings. The van der Waals surface area contributed by atoms with E-state index in [1.807, 2.05) is 13.1 Å². The van der Waals surface area contributed by atoms with Crippen LogP contribution in [0.4, 0.5) is 0 Å². The van der Waals surface area contributed by atoms with Crippen LogP contribution in [0, 0.1) is 0 Å². The molecule has 0 aromatic carbocycles. The predicted molar refractivity (Wildman–Crippen MR) is 49.2 cm³/mol. The lowest BCUT2D eigenvalue weighted by molar-refractivity contribution is 0.773. The Morgan fingerprint density at radius 3 is 2.85 bits per heavy atom. The third kappa shape index (κ3) is 1.53. The summed E-state index contributed by atoms with van der Waals surface area (Å²) in [5, 5.41) is 4.47. The van der Waals surface area contributed by atoms with Crippen LogP contribution >= 0.6 is 11.6 Å². The van der Waals surface area contributed by atoms with Crippen molar-refractivity contribution < 1.29 is 0 Å². The SMILES string of the molecule is Cn1nccc1-c1cc(Cl)ncn1. The van der Waals surface area contributed by atoms with Crippen LogP contribution in [-0.2, 0) is 7.05 Å². The first-order chi connectivity index (χ1) is 6.27. The zero-order valence-electron chi connectivity index (χ0n) is 6.98. The Kier molecular flexibility index (Phi) is 1.98. The van der Waals surface area contributed by atoms with Crippen molar-refractivity contribution in [3.8, 4) is 11.4 Å². The van der Waals surface area contributed by atoms with Crippen LogP contribution in [0.3, 0.4) is 0 Å². The van der Waals surface area contributed by atoms with Crippen LogP contribution in [0.25, 0.3) is 11.4 Å². The molecular formula is C8H7ClN4. The summed E-state index contributed by atoms with van der Waals surface area (Å²) < 4.78 is 1.73. The highest BCUT2D eigenvalue weighted by atomic mass is 35.5. The molecule has 0 N–H and O–H groups in total. The molecule has 5 heteroatoms. The number of aromatic nitrogens is 4. The van der Waals surface area contributed by atoms with Gasteiger partial charge in [0.15, 0.2) is 0 Å². The van der Waals surface area contributed by atoms with Gasteiger partial charge in [0.1, 0.15) is 11.5 Å². The molecule has 0 atom stereocenters. The van der Waals surface area contributed by atoms with Crippen LogP contribution in [0.5, 0.6) is 0 Å². The van der Waals surface area contributed by atoms with E-state index in [9.17, 15) is 0 Å². The van der Waals surface area contributed by atoms with E-state index in [0.717, 1.165) is 11.4 Å². The zero-order valence-corrected chi connectivity index (χ0v) is 7.73. The Bertz CT molecular complexity index is 424. The average Bonchev–Trinajstić information content (AvgIpc) is 2.51. The smallest absolute Gasteiger partial charge is 0.133 e. The Labute approximate surface area is 80.2 Å². The lowest BCUT2D eigenvalue weighted by Gasteiger charge is -1.99. The molecule has 2 aromatic rings. The summed E-state index contributed by atoms with van der Waals surface area (Å²) in [5.74, 6) is 0. The van der Waals surface area contributed by atoms with Gasteiger partial charge in [0.05, 0.1) is 11.4 Å². The molecule has 0 fully saturated rings. The van der Waals surface area contributed by atoms with Gasteiger partial charge in [-0.1, -0.05) is 11.6 Å². The maximum absolute atomic E-state index is 5.73. The summed E-state index contributed by atoms with van der Waals surface area (Å²) in [7, 11) is 1.85. The van der Waals surface area contributed by atoms with E-state index in [0.29, 0.717) is 5.15 Å². The van der Waals surface area contributed by atoms with Crippen LogP contribution in [0.15, 0.2) is 24.7 Å². The second-order valence-corrected chi connectivity index (χ2v) is 2.95. The molecule has 2 heterocycles. The number of rotatable bonds is 1. The molecular weight excluding hydrogens is 188 g/mol. The minimum Gasteiger partial charge on any atom is -0.266 e. The maximum Gasteiger partial charge on any atom is 0.133 e. The van der Waals surface area contributed by atoms with Gasteiger partial charge in [0.2, 0.25) is 0 Å². The van der Waals surface area contributed by atoms with E-state index in [2.05, 4.69) is 15.1 Å². The van der Waals surface area contributed by atoms with Crippen molar-refractivity contribution in [3.63, 3.8) is 0 Å².